The Labute approximate surface area is 201 Å². The van der Waals surface area contributed by atoms with E-state index < -0.39 is 11.5 Å². The summed E-state index contributed by atoms with van der Waals surface area (Å²) in [7, 11) is 0. The molecule has 176 valence electrons. The zero-order valence-electron chi connectivity index (χ0n) is 20.0. The predicted molar refractivity (Wildman–Crippen MR) is 134 cm³/mol. The van der Waals surface area contributed by atoms with Gasteiger partial charge in [0.05, 0.1) is 5.60 Å². The van der Waals surface area contributed by atoms with Gasteiger partial charge in [-0.15, -0.1) is 0 Å². The Hall–Kier alpha value is -3.18. The number of carbonyl (C=O) groups is 2. The van der Waals surface area contributed by atoms with E-state index >= 15 is 0 Å². The van der Waals surface area contributed by atoms with Crippen LogP contribution in [0, 0.1) is 5.92 Å². The van der Waals surface area contributed by atoms with E-state index in [-0.39, 0.29) is 11.8 Å². The van der Waals surface area contributed by atoms with E-state index in [9.17, 15) is 14.7 Å². The van der Waals surface area contributed by atoms with Gasteiger partial charge in [0.2, 0.25) is 11.8 Å². The minimum atomic E-state index is -0.726. The molecule has 3 aliphatic rings. The number of nitrogens with zero attached hydrogens (tertiary/aromatic N) is 1. The first-order chi connectivity index (χ1) is 16.2. The second kappa shape index (κ2) is 8.24. The number of carbonyl (C=O) groups excluding carboxylic acids is 2. The monoisotopic (exact) mass is 456 g/mol. The van der Waals surface area contributed by atoms with Crippen LogP contribution in [-0.2, 0) is 24.2 Å². The molecule has 5 heteroatoms. The first kappa shape index (κ1) is 22.6. The van der Waals surface area contributed by atoms with Gasteiger partial charge in [-0.3, -0.25) is 9.59 Å². The zero-order chi connectivity index (χ0) is 24.2. The minimum Gasteiger partial charge on any atom is -0.390 e. The van der Waals surface area contributed by atoms with Crippen molar-refractivity contribution in [1.29, 1.82) is 0 Å². The Balaban J connectivity index is 1.62. The highest BCUT2D eigenvalue weighted by atomic mass is 16.3. The molecule has 1 unspecified atom stereocenters. The van der Waals surface area contributed by atoms with E-state index in [1.807, 2.05) is 30.9 Å². The third-order valence-corrected chi connectivity index (χ3v) is 7.97. The number of hydrogen-bond acceptors (Lipinski definition) is 3. The van der Waals surface area contributed by atoms with Gasteiger partial charge in [0.1, 0.15) is 0 Å². The zero-order valence-corrected chi connectivity index (χ0v) is 20.0. The van der Waals surface area contributed by atoms with Crippen LogP contribution in [0.1, 0.15) is 65.7 Å². The largest absolute Gasteiger partial charge is 0.390 e. The molecule has 5 nitrogen and oxygen atoms in total. The third kappa shape index (κ3) is 3.68. The van der Waals surface area contributed by atoms with Crippen LogP contribution in [0.5, 0.6) is 0 Å². The first-order valence-corrected chi connectivity index (χ1v) is 12.1. The Kier molecular flexibility index (Phi) is 5.48. The highest BCUT2D eigenvalue weighted by molar-refractivity contribution is 6.00. The summed E-state index contributed by atoms with van der Waals surface area (Å²) in [6, 6.07) is 10.2. The number of benzene rings is 2. The van der Waals surface area contributed by atoms with E-state index in [0.29, 0.717) is 18.7 Å². The molecule has 1 aliphatic heterocycles. The van der Waals surface area contributed by atoms with E-state index in [4.69, 9.17) is 5.73 Å². The molecule has 0 bridgehead atoms. The van der Waals surface area contributed by atoms with Crippen molar-refractivity contribution in [1.82, 2.24) is 4.90 Å². The maximum absolute atomic E-state index is 12.3. The van der Waals surface area contributed by atoms with Crippen molar-refractivity contribution < 1.29 is 14.7 Å². The summed E-state index contributed by atoms with van der Waals surface area (Å²) in [4.78, 5) is 26.3. The van der Waals surface area contributed by atoms with Crippen LogP contribution in [0.25, 0.3) is 16.7 Å². The first-order valence-electron chi connectivity index (χ1n) is 12.1. The van der Waals surface area contributed by atoms with Crippen molar-refractivity contribution in [3.05, 3.63) is 76.4 Å². The number of allylic oxidation sites excluding steroid dienone is 2. The Bertz CT molecular complexity index is 1250. The highest BCUT2D eigenvalue weighted by Gasteiger charge is 2.37. The molecule has 0 fully saturated rings. The molecule has 0 radical (unpaired) electrons. The fraction of sp³-hybridized carbons (Fsp3) is 0.379. The number of fused-ring (bicyclic) bond motifs is 3. The molecule has 5 rings (SSSR count). The van der Waals surface area contributed by atoms with E-state index in [0.717, 1.165) is 48.8 Å². The average Bonchev–Trinajstić information content (AvgIpc) is 3.20. The third-order valence-electron chi connectivity index (χ3n) is 7.97. The van der Waals surface area contributed by atoms with Gasteiger partial charge in [0.15, 0.2) is 0 Å². The van der Waals surface area contributed by atoms with Crippen LogP contribution in [0.3, 0.4) is 0 Å². The average molecular weight is 457 g/mol. The summed E-state index contributed by atoms with van der Waals surface area (Å²) in [5.41, 5.74) is 15.3. The fourth-order valence-corrected chi connectivity index (χ4v) is 6.13. The maximum Gasteiger partial charge on any atom is 0.249 e. The summed E-state index contributed by atoms with van der Waals surface area (Å²) >= 11 is 0. The molecule has 2 aliphatic carbocycles. The molecular weight excluding hydrogens is 424 g/mol. The minimum absolute atomic E-state index is 0.0406. The molecule has 0 saturated carbocycles. The van der Waals surface area contributed by atoms with Gasteiger partial charge in [-0.05, 0) is 103 Å². The molecule has 1 atom stereocenters. The van der Waals surface area contributed by atoms with Crippen LogP contribution in [0.4, 0.5) is 0 Å². The van der Waals surface area contributed by atoms with Crippen molar-refractivity contribution in [2.45, 2.75) is 58.1 Å². The van der Waals surface area contributed by atoms with Crippen LogP contribution in [-0.4, -0.2) is 34.0 Å². The highest BCUT2D eigenvalue weighted by Crippen LogP contribution is 2.50. The number of aliphatic hydroxyl groups is 1. The van der Waals surface area contributed by atoms with E-state index in [1.165, 1.54) is 33.9 Å². The second-order valence-electron chi connectivity index (χ2n) is 10.4. The molecule has 3 N–H and O–H groups in total. The van der Waals surface area contributed by atoms with Gasteiger partial charge >= 0.3 is 0 Å². The van der Waals surface area contributed by atoms with Crippen LogP contribution in [0.2, 0.25) is 0 Å². The molecule has 2 aromatic rings. The van der Waals surface area contributed by atoms with Crippen molar-refractivity contribution in [3.8, 4) is 11.1 Å². The number of nitrogens with two attached hydrogens (primary N) is 1. The lowest BCUT2D eigenvalue weighted by molar-refractivity contribution is -0.126. The van der Waals surface area contributed by atoms with Gasteiger partial charge in [0, 0.05) is 18.7 Å². The number of primary amides is 1. The van der Waals surface area contributed by atoms with Crippen molar-refractivity contribution in [3.63, 3.8) is 0 Å². The molecule has 0 aromatic heterocycles. The summed E-state index contributed by atoms with van der Waals surface area (Å²) in [6.07, 6.45) is 5.54. The van der Waals surface area contributed by atoms with Gasteiger partial charge in [0.25, 0.3) is 0 Å². The summed E-state index contributed by atoms with van der Waals surface area (Å²) in [5.74, 6) is -0.226. The van der Waals surface area contributed by atoms with E-state index in [1.54, 1.807) is 0 Å². The van der Waals surface area contributed by atoms with Gasteiger partial charge in [-0.1, -0.05) is 36.4 Å². The van der Waals surface area contributed by atoms with Crippen LogP contribution < -0.4 is 5.73 Å². The van der Waals surface area contributed by atoms with Crippen LogP contribution in [0.15, 0.2) is 48.6 Å². The Morgan fingerprint density at radius 3 is 2.65 bits per heavy atom. The molecule has 2 amide bonds. The van der Waals surface area contributed by atoms with Gasteiger partial charge in [-0.2, -0.15) is 0 Å². The van der Waals surface area contributed by atoms with Gasteiger partial charge in [-0.25, -0.2) is 0 Å². The molecule has 2 aromatic carbocycles. The number of hydrogen-bond donors (Lipinski definition) is 2. The topological polar surface area (TPSA) is 83.6 Å². The fourth-order valence-electron chi connectivity index (χ4n) is 6.13. The van der Waals surface area contributed by atoms with Crippen molar-refractivity contribution >= 4 is 17.4 Å². The quantitative estimate of drug-likeness (QED) is 0.669. The maximum atomic E-state index is 12.3. The Morgan fingerprint density at radius 1 is 1.15 bits per heavy atom. The molecule has 34 heavy (non-hydrogen) atoms. The standard InChI is InChI=1S/C29H32N2O3/c1-4-26(32)31-13-12-20-17(16-31)6-5-7-22(20)23-10-11-24(28(30)33)25-15-18-14-19(29(2,3)34)8-9-21(18)27(23)25/h4-7,10-11,19,34H,1,8-9,12-16H2,2-3H3,(H2,30,33). The lowest BCUT2D eigenvalue weighted by atomic mass is 9.75. The summed E-state index contributed by atoms with van der Waals surface area (Å²) in [5, 5.41) is 10.6. The lowest BCUT2D eigenvalue weighted by Gasteiger charge is -2.34. The lowest BCUT2D eigenvalue weighted by Crippen LogP contribution is -2.34. The number of amides is 2. The molecular formula is C29H32N2O3. The van der Waals surface area contributed by atoms with Gasteiger partial charge < -0.3 is 15.7 Å². The summed E-state index contributed by atoms with van der Waals surface area (Å²) < 4.78 is 0. The van der Waals surface area contributed by atoms with Crippen LogP contribution >= 0.6 is 0 Å². The normalized spacial score (nSPS) is 19.4. The predicted octanol–water partition coefficient (Wildman–Crippen LogP) is 4.40. The Morgan fingerprint density at radius 2 is 1.94 bits per heavy atom. The smallest absolute Gasteiger partial charge is 0.249 e. The molecule has 1 heterocycles. The number of rotatable bonds is 4. The van der Waals surface area contributed by atoms with Crippen molar-refractivity contribution in [2.75, 3.05) is 6.54 Å². The molecule has 0 saturated heterocycles. The SMILES string of the molecule is C=CC(=O)N1CCc2c(cccc2-c2ccc(C(N)=O)c3c2C2=C(C3)CC(C(C)(C)O)CC2)C1. The molecule has 0 spiro atoms. The second-order valence-corrected chi connectivity index (χ2v) is 10.4. The summed E-state index contributed by atoms with van der Waals surface area (Å²) in [6.45, 7) is 8.65. The van der Waals surface area contributed by atoms with Crippen molar-refractivity contribution in [2.24, 2.45) is 11.7 Å². The van der Waals surface area contributed by atoms with E-state index in [2.05, 4.69) is 24.8 Å².